The molecule has 1 aliphatic heterocycles. The average Bonchev–Trinajstić information content (AvgIpc) is 2.94. The Balaban J connectivity index is 1.99. The fraction of sp³-hybridized carbons (Fsp3) is 0.500. The van der Waals surface area contributed by atoms with Crippen molar-refractivity contribution in [3.63, 3.8) is 0 Å². The first-order chi connectivity index (χ1) is 9.88. The van der Waals surface area contributed by atoms with Gasteiger partial charge in [-0.3, -0.25) is 14.3 Å². The lowest BCUT2D eigenvalue weighted by Gasteiger charge is -2.13. The quantitative estimate of drug-likeness (QED) is 0.859. The topological polar surface area (TPSA) is 75.4 Å². The van der Waals surface area contributed by atoms with Gasteiger partial charge >= 0.3 is 5.97 Å². The van der Waals surface area contributed by atoms with Crippen LogP contribution in [0.4, 0.5) is 0 Å². The largest absolute Gasteiger partial charge is 0.481 e. The molecule has 1 aromatic heterocycles. The molecule has 0 radical (unpaired) electrons. The van der Waals surface area contributed by atoms with Crippen molar-refractivity contribution in [3.05, 3.63) is 22.5 Å². The molecule has 0 saturated carbocycles. The molecule has 1 atom stereocenters. The highest BCUT2D eigenvalue weighted by Gasteiger charge is 2.26. The molecule has 0 bridgehead atoms. The highest BCUT2D eigenvalue weighted by atomic mass is 35.5. The third kappa shape index (κ3) is 3.64. The second-order valence-electron chi connectivity index (χ2n) is 5.28. The number of carbonyl (C=O) groups excluding carboxylic acids is 1. The number of carbonyl (C=O) groups is 2. The van der Waals surface area contributed by atoms with Gasteiger partial charge in [0.05, 0.1) is 5.69 Å². The zero-order valence-electron chi connectivity index (χ0n) is 12.0. The Bertz CT molecular complexity index is 595. The predicted octanol–water partition coefficient (Wildman–Crippen LogP) is 1.72. The van der Waals surface area contributed by atoms with E-state index in [-0.39, 0.29) is 18.2 Å². The summed E-state index contributed by atoms with van der Waals surface area (Å²) < 4.78 is 1.56. The molecule has 1 N–H and O–H groups in total. The lowest BCUT2D eigenvalue weighted by atomic mass is 10.1. The Labute approximate surface area is 128 Å². The number of carboxylic acid groups (broad SMARTS) is 1. The van der Waals surface area contributed by atoms with E-state index >= 15 is 0 Å². The molecule has 1 aliphatic rings. The number of carboxylic acids is 1. The maximum Gasteiger partial charge on any atom is 0.303 e. The van der Waals surface area contributed by atoms with Gasteiger partial charge in [0, 0.05) is 38.2 Å². The van der Waals surface area contributed by atoms with Gasteiger partial charge in [0.2, 0.25) is 5.91 Å². The summed E-state index contributed by atoms with van der Waals surface area (Å²) in [5.41, 5.74) is 1.49. The van der Waals surface area contributed by atoms with E-state index in [1.165, 1.54) is 6.08 Å². The van der Waals surface area contributed by atoms with Crippen molar-refractivity contribution in [2.75, 3.05) is 13.1 Å². The fourth-order valence-electron chi connectivity index (χ4n) is 2.54. The van der Waals surface area contributed by atoms with Gasteiger partial charge in [-0.2, -0.15) is 5.10 Å². The van der Waals surface area contributed by atoms with Crippen LogP contribution in [0.5, 0.6) is 0 Å². The second-order valence-corrected chi connectivity index (χ2v) is 5.64. The summed E-state index contributed by atoms with van der Waals surface area (Å²) in [6.45, 7) is 2.92. The van der Waals surface area contributed by atoms with Gasteiger partial charge in [0.1, 0.15) is 5.15 Å². The summed E-state index contributed by atoms with van der Waals surface area (Å²) in [5, 5.41) is 13.4. The first-order valence-electron chi connectivity index (χ1n) is 6.76. The highest BCUT2D eigenvalue weighted by Crippen LogP contribution is 2.22. The van der Waals surface area contributed by atoms with Crippen molar-refractivity contribution in [3.8, 4) is 0 Å². The standard InChI is InChI=1S/C14H18ClN3O3/c1-9-11(14(15)17(2)16-9)3-4-12(19)18-6-5-10(8-18)7-13(20)21/h3-4,10H,5-8H2,1-2H3,(H,20,21). The lowest BCUT2D eigenvalue weighted by Crippen LogP contribution is -2.27. The summed E-state index contributed by atoms with van der Waals surface area (Å²) in [4.78, 5) is 24.4. The molecule has 0 aliphatic carbocycles. The number of aliphatic carboxylic acids is 1. The molecule has 114 valence electrons. The molecule has 2 rings (SSSR count). The molecule has 0 spiro atoms. The third-order valence-electron chi connectivity index (χ3n) is 3.65. The van der Waals surface area contributed by atoms with E-state index < -0.39 is 5.97 Å². The molecule has 1 fully saturated rings. The molecule has 1 amide bonds. The van der Waals surface area contributed by atoms with Crippen LogP contribution in [0.2, 0.25) is 5.15 Å². The van der Waals surface area contributed by atoms with E-state index in [2.05, 4.69) is 5.10 Å². The highest BCUT2D eigenvalue weighted by molar-refractivity contribution is 6.31. The molecule has 7 heteroatoms. The zero-order valence-corrected chi connectivity index (χ0v) is 12.8. The summed E-state index contributed by atoms with van der Waals surface area (Å²) >= 11 is 6.10. The fourth-order valence-corrected chi connectivity index (χ4v) is 2.78. The Morgan fingerprint density at radius 3 is 2.81 bits per heavy atom. The normalized spacial score (nSPS) is 18.6. The predicted molar refractivity (Wildman–Crippen MR) is 78.9 cm³/mol. The van der Waals surface area contributed by atoms with Gasteiger partial charge in [-0.05, 0) is 25.3 Å². The molecular formula is C14H18ClN3O3. The maximum atomic E-state index is 12.1. The number of amides is 1. The van der Waals surface area contributed by atoms with Crippen molar-refractivity contribution in [2.24, 2.45) is 13.0 Å². The molecule has 0 aromatic carbocycles. The second kappa shape index (κ2) is 6.30. The van der Waals surface area contributed by atoms with Gasteiger partial charge in [0.25, 0.3) is 0 Å². The number of aromatic nitrogens is 2. The van der Waals surface area contributed by atoms with Crippen LogP contribution in [0.1, 0.15) is 24.1 Å². The van der Waals surface area contributed by atoms with Crippen LogP contribution in [-0.2, 0) is 16.6 Å². The molecule has 6 nitrogen and oxygen atoms in total. The van der Waals surface area contributed by atoms with E-state index in [0.29, 0.717) is 18.2 Å². The van der Waals surface area contributed by atoms with Crippen molar-refractivity contribution >= 4 is 29.6 Å². The number of rotatable bonds is 4. The number of likely N-dealkylation sites (tertiary alicyclic amines) is 1. The van der Waals surface area contributed by atoms with Gasteiger partial charge in [-0.25, -0.2) is 0 Å². The Kier molecular flexibility index (Phi) is 4.67. The average molecular weight is 312 g/mol. The van der Waals surface area contributed by atoms with Crippen molar-refractivity contribution in [1.82, 2.24) is 14.7 Å². The van der Waals surface area contributed by atoms with E-state index in [0.717, 1.165) is 17.7 Å². The van der Waals surface area contributed by atoms with E-state index in [1.54, 1.807) is 22.7 Å². The summed E-state index contributed by atoms with van der Waals surface area (Å²) in [6.07, 6.45) is 3.98. The molecular weight excluding hydrogens is 294 g/mol. The maximum absolute atomic E-state index is 12.1. The van der Waals surface area contributed by atoms with Gasteiger partial charge in [-0.15, -0.1) is 0 Å². The van der Waals surface area contributed by atoms with Crippen LogP contribution in [0.3, 0.4) is 0 Å². The van der Waals surface area contributed by atoms with E-state index in [1.807, 2.05) is 6.92 Å². The van der Waals surface area contributed by atoms with Crippen LogP contribution in [0, 0.1) is 12.8 Å². The Hall–Kier alpha value is -1.82. The van der Waals surface area contributed by atoms with E-state index in [9.17, 15) is 9.59 Å². The molecule has 21 heavy (non-hydrogen) atoms. The van der Waals surface area contributed by atoms with Crippen LogP contribution in [0.15, 0.2) is 6.08 Å². The van der Waals surface area contributed by atoms with E-state index in [4.69, 9.17) is 16.7 Å². The summed E-state index contributed by atoms with van der Waals surface area (Å²) in [7, 11) is 1.74. The third-order valence-corrected chi connectivity index (χ3v) is 4.10. The molecule has 1 unspecified atom stereocenters. The number of nitrogens with zero attached hydrogens (tertiary/aromatic N) is 3. The Morgan fingerprint density at radius 1 is 1.52 bits per heavy atom. The van der Waals surface area contributed by atoms with Crippen LogP contribution >= 0.6 is 11.6 Å². The van der Waals surface area contributed by atoms with Crippen LogP contribution in [0.25, 0.3) is 6.08 Å². The molecule has 1 aromatic rings. The lowest BCUT2D eigenvalue weighted by molar-refractivity contribution is -0.138. The van der Waals surface area contributed by atoms with Gasteiger partial charge < -0.3 is 10.0 Å². The Morgan fingerprint density at radius 2 is 2.24 bits per heavy atom. The number of hydrogen-bond donors (Lipinski definition) is 1. The van der Waals surface area contributed by atoms with Gasteiger partial charge in [-0.1, -0.05) is 11.6 Å². The first kappa shape index (κ1) is 15.6. The van der Waals surface area contributed by atoms with Crippen molar-refractivity contribution in [1.29, 1.82) is 0 Å². The summed E-state index contributed by atoms with van der Waals surface area (Å²) in [6, 6.07) is 0. The van der Waals surface area contributed by atoms with Crippen molar-refractivity contribution in [2.45, 2.75) is 19.8 Å². The number of aryl methyl sites for hydroxylation is 2. The minimum Gasteiger partial charge on any atom is -0.481 e. The smallest absolute Gasteiger partial charge is 0.303 e. The minimum atomic E-state index is -0.817. The SMILES string of the molecule is Cc1nn(C)c(Cl)c1C=CC(=O)N1CCC(CC(=O)O)C1. The van der Waals surface area contributed by atoms with Gasteiger partial charge in [0.15, 0.2) is 0 Å². The van der Waals surface area contributed by atoms with Crippen LogP contribution in [-0.4, -0.2) is 44.8 Å². The molecule has 2 heterocycles. The minimum absolute atomic E-state index is 0.0450. The van der Waals surface area contributed by atoms with Crippen molar-refractivity contribution < 1.29 is 14.7 Å². The van der Waals surface area contributed by atoms with Crippen LogP contribution < -0.4 is 0 Å². The summed E-state index contributed by atoms with van der Waals surface area (Å²) in [5.74, 6) is -0.895. The zero-order chi connectivity index (χ0) is 15.6. The number of halogens is 1. The first-order valence-corrected chi connectivity index (χ1v) is 7.14. The molecule has 1 saturated heterocycles. The monoisotopic (exact) mass is 311 g/mol. The number of hydrogen-bond acceptors (Lipinski definition) is 3.